The van der Waals surface area contributed by atoms with Gasteiger partial charge in [0, 0.05) is 25.8 Å². The highest BCUT2D eigenvalue weighted by Gasteiger charge is 2.23. The van der Waals surface area contributed by atoms with Gasteiger partial charge >= 0.3 is 0 Å². The van der Waals surface area contributed by atoms with Crippen molar-refractivity contribution < 1.29 is 14.3 Å². The van der Waals surface area contributed by atoms with Crippen LogP contribution >= 0.6 is 0 Å². The van der Waals surface area contributed by atoms with Crippen molar-refractivity contribution in [3.05, 3.63) is 53.6 Å². The summed E-state index contributed by atoms with van der Waals surface area (Å²) in [6, 6.07) is 14.1. The molecule has 0 aliphatic carbocycles. The second kappa shape index (κ2) is 11.2. The number of fused-ring (bicyclic) bond motifs is 1. The number of carbonyl (C=O) groups excluding carboxylic acids is 1. The largest absolute Gasteiger partial charge is 0.490 e. The quantitative estimate of drug-likeness (QED) is 0.478. The molecule has 1 aliphatic rings. The number of guanidine groups is 1. The lowest BCUT2D eigenvalue weighted by Gasteiger charge is -2.19. The van der Waals surface area contributed by atoms with Crippen LogP contribution in [0.1, 0.15) is 25.0 Å². The van der Waals surface area contributed by atoms with Gasteiger partial charge in [0.25, 0.3) is 0 Å². The number of anilines is 1. The van der Waals surface area contributed by atoms with Gasteiger partial charge in [0.05, 0.1) is 19.8 Å². The molecule has 2 aromatic rings. The van der Waals surface area contributed by atoms with Gasteiger partial charge < -0.3 is 25.0 Å². The number of rotatable bonds is 9. The first-order valence-corrected chi connectivity index (χ1v) is 10.9. The summed E-state index contributed by atoms with van der Waals surface area (Å²) in [6.07, 6.45) is 1.70. The fourth-order valence-corrected chi connectivity index (χ4v) is 3.65. The van der Waals surface area contributed by atoms with Crippen LogP contribution in [0.4, 0.5) is 5.69 Å². The topological polar surface area (TPSA) is 75.2 Å². The molecule has 0 saturated carbocycles. The van der Waals surface area contributed by atoms with E-state index >= 15 is 0 Å². The van der Waals surface area contributed by atoms with Gasteiger partial charge in [-0.1, -0.05) is 24.3 Å². The number of nitrogens with zero attached hydrogens (tertiary/aromatic N) is 2. The standard InChI is InChI=1S/C24H32N4O3/c1-4-30-21-11-10-18(16-22(21)31-5-2)12-14-26-24(25-3)27-17-23(29)28-15-13-19-8-6-7-9-20(19)28/h6-11,16H,4-5,12-15,17H2,1-3H3,(H2,25,26,27). The van der Waals surface area contributed by atoms with Gasteiger partial charge in [-0.2, -0.15) is 0 Å². The van der Waals surface area contributed by atoms with Crippen molar-refractivity contribution in [1.82, 2.24) is 10.6 Å². The fourth-order valence-electron chi connectivity index (χ4n) is 3.65. The van der Waals surface area contributed by atoms with E-state index in [1.54, 1.807) is 7.05 Å². The molecule has 2 N–H and O–H groups in total. The Kier molecular flexibility index (Phi) is 8.15. The van der Waals surface area contributed by atoms with E-state index in [1.165, 1.54) is 5.56 Å². The number of carbonyl (C=O) groups is 1. The molecule has 0 bridgehead atoms. The van der Waals surface area contributed by atoms with Gasteiger partial charge in [0.15, 0.2) is 17.5 Å². The van der Waals surface area contributed by atoms with Gasteiger partial charge in [-0.3, -0.25) is 9.79 Å². The molecule has 0 atom stereocenters. The molecular weight excluding hydrogens is 392 g/mol. The van der Waals surface area contributed by atoms with Gasteiger partial charge in [-0.25, -0.2) is 0 Å². The summed E-state index contributed by atoms with van der Waals surface area (Å²) in [5.74, 6) is 2.18. The second-order valence-corrected chi connectivity index (χ2v) is 7.17. The minimum Gasteiger partial charge on any atom is -0.490 e. The first kappa shape index (κ1) is 22.5. The lowest BCUT2D eigenvalue weighted by molar-refractivity contribution is -0.117. The maximum Gasteiger partial charge on any atom is 0.246 e. The van der Waals surface area contributed by atoms with Crippen molar-refractivity contribution in [3.63, 3.8) is 0 Å². The van der Waals surface area contributed by atoms with Crippen molar-refractivity contribution in [1.29, 1.82) is 0 Å². The highest BCUT2D eigenvalue weighted by atomic mass is 16.5. The van der Waals surface area contributed by atoms with Crippen LogP contribution in [0.2, 0.25) is 0 Å². The number of amides is 1. The molecule has 31 heavy (non-hydrogen) atoms. The third kappa shape index (κ3) is 5.90. The van der Waals surface area contributed by atoms with E-state index in [4.69, 9.17) is 9.47 Å². The highest BCUT2D eigenvalue weighted by molar-refractivity contribution is 5.98. The maximum atomic E-state index is 12.7. The van der Waals surface area contributed by atoms with Crippen molar-refractivity contribution in [2.24, 2.45) is 4.99 Å². The van der Waals surface area contributed by atoms with Gasteiger partial charge in [0.1, 0.15) is 0 Å². The molecule has 0 radical (unpaired) electrons. The summed E-state index contributed by atoms with van der Waals surface area (Å²) in [5.41, 5.74) is 3.37. The van der Waals surface area contributed by atoms with Crippen molar-refractivity contribution in [3.8, 4) is 11.5 Å². The molecule has 7 heteroatoms. The highest BCUT2D eigenvalue weighted by Crippen LogP contribution is 2.29. The second-order valence-electron chi connectivity index (χ2n) is 7.17. The third-order valence-electron chi connectivity index (χ3n) is 5.13. The Morgan fingerprint density at radius 1 is 1.06 bits per heavy atom. The molecule has 0 saturated heterocycles. The van der Waals surface area contributed by atoms with E-state index in [0.29, 0.717) is 25.7 Å². The number of hydrogen-bond acceptors (Lipinski definition) is 4. The van der Waals surface area contributed by atoms with E-state index in [1.807, 2.05) is 55.1 Å². The van der Waals surface area contributed by atoms with Gasteiger partial charge in [0.2, 0.25) is 5.91 Å². The minimum atomic E-state index is 0.0424. The zero-order chi connectivity index (χ0) is 22.1. The molecule has 0 fully saturated rings. The smallest absolute Gasteiger partial charge is 0.246 e. The number of hydrogen-bond donors (Lipinski definition) is 2. The Bertz CT molecular complexity index is 913. The normalized spacial score (nSPS) is 13.0. The van der Waals surface area contributed by atoms with Crippen LogP contribution in [0, 0.1) is 0 Å². The molecule has 0 unspecified atom stereocenters. The Morgan fingerprint density at radius 2 is 1.84 bits per heavy atom. The minimum absolute atomic E-state index is 0.0424. The van der Waals surface area contributed by atoms with Crippen LogP contribution in [0.5, 0.6) is 11.5 Å². The number of ether oxygens (including phenoxy) is 2. The summed E-state index contributed by atoms with van der Waals surface area (Å²) < 4.78 is 11.3. The summed E-state index contributed by atoms with van der Waals surface area (Å²) in [7, 11) is 1.70. The lowest BCUT2D eigenvalue weighted by Crippen LogP contribution is -2.44. The van der Waals surface area contributed by atoms with Crippen LogP contribution < -0.4 is 25.0 Å². The number of nitrogens with one attached hydrogen (secondary N) is 2. The van der Waals surface area contributed by atoms with E-state index in [0.717, 1.165) is 42.1 Å². The molecule has 3 rings (SSSR count). The Morgan fingerprint density at radius 3 is 2.61 bits per heavy atom. The van der Waals surface area contributed by atoms with Crippen molar-refractivity contribution >= 4 is 17.6 Å². The van der Waals surface area contributed by atoms with Crippen molar-refractivity contribution in [2.45, 2.75) is 26.7 Å². The van der Waals surface area contributed by atoms with Crippen LogP contribution in [0.3, 0.4) is 0 Å². The first-order chi connectivity index (χ1) is 15.2. The molecule has 1 amide bonds. The average molecular weight is 425 g/mol. The summed E-state index contributed by atoms with van der Waals surface area (Å²) in [4.78, 5) is 18.7. The predicted octanol–water partition coefficient (Wildman–Crippen LogP) is 2.78. The fraction of sp³-hybridized carbons (Fsp3) is 0.417. The molecular formula is C24H32N4O3. The summed E-state index contributed by atoms with van der Waals surface area (Å²) in [6.45, 7) is 6.72. The van der Waals surface area contributed by atoms with Gasteiger partial charge in [-0.15, -0.1) is 0 Å². The van der Waals surface area contributed by atoms with Gasteiger partial charge in [-0.05, 0) is 56.0 Å². The number of aliphatic imine (C=N–C) groups is 1. The molecule has 0 spiro atoms. The van der Waals surface area contributed by atoms with Crippen molar-refractivity contribution in [2.75, 3.05) is 44.8 Å². The van der Waals surface area contributed by atoms with E-state index < -0.39 is 0 Å². The van der Waals surface area contributed by atoms with Crippen LogP contribution in [-0.4, -0.2) is 51.8 Å². The molecule has 2 aromatic carbocycles. The lowest BCUT2D eigenvalue weighted by atomic mass is 10.1. The van der Waals surface area contributed by atoms with E-state index in [2.05, 4.69) is 21.7 Å². The maximum absolute atomic E-state index is 12.7. The Balaban J connectivity index is 1.48. The van der Waals surface area contributed by atoms with Crippen LogP contribution in [-0.2, 0) is 17.6 Å². The average Bonchev–Trinajstić information content (AvgIpc) is 3.22. The molecule has 166 valence electrons. The van der Waals surface area contributed by atoms with E-state index in [9.17, 15) is 4.79 Å². The molecule has 1 heterocycles. The third-order valence-corrected chi connectivity index (χ3v) is 5.13. The number of benzene rings is 2. The molecule has 7 nitrogen and oxygen atoms in total. The molecule has 1 aliphatic heterocycles. The zero-order valence-corrected chi connectivity index (χ0v) is 18.6. The van der Waals surface area contributed by atoms with Crippen LogP contribution in [0.15, 0.2) is 47.5 Å². The predicted molar refractivity (Wildman–Crippen MR) is 124 cm³/mol. The summed E-state index contributed by atoms with van der Waals surface area (Å²) >= 11 is 0. The van der Waals surface area contributed by atoms with Crippen LogP contribution in [0.25, 0.3) is 0 Å². The summed E-state index contributed by atoms with van der Waals surface area (Å²) in [5, 5.41) is 6.39. The van der Waals surface area contributed by atoms with E-state index in [-0.39, 0.29) is 12.5 Å². The Hall–Kier alpha value is -3.22. The zero-order valence-electron chi connectivity index (χ0n) is 18.6. The number of para-hydroxylation sites is 1. The first-order valence-electron chi connectivity index (χ1n) is 10.9. The SMILES string of the molecule is CCOc1ccc(CCNC(=NC)NCC(=O)N2CCc3ccccc32)cc1OCC. The monoisotopic (exact) mass is 424 g/mol. The Labute approximate surface area is 184 Å². The molecule has 0 aromatic heterocycles.